The van der Waals surface area contributed by atoms with Gasteiger partial charge in [-0.25, -0.2) is 9.78 Å². The fraction of sp³-hybridized carbons (Fsp3) is 0.625. The zero-order valence-electron chi connectivity index (χ0n) is 12.0. The highest BCUT2D eigenvalue weighted by Gasteiger charge is 2.25. The van der Waals surface area contributed by atoms with Gasteiger partial charge in [0.25, 0.3) is 0 Å². The standard InChI is InChI=1S/C16H22N2O2/c1-10-5-2-3-7-13(10)17-15-12(16(19)20)9-11-6-4-8-14(11)18-15/h9-10,13H,2-8H2,1H3,(H,17,18)(H,19,20). The van der Waals surface area contributed by atoms with Crippen molar-refractivity contribution in [3.63, 3.8) is 0 Å². The van der Waals surface area contributed by atoms with Gasteiger partial charge in [-0.15, -0.1) is 0 Å². The van der Waals surface area contributed by atoms with Crippen LogP contribution in [0.15, 0.2) is 6.07 Å². The number of hydrogen-bond donors (Lipinski definition) is 2. The molecule has 0 saturated heterocycles. The number of pyridine rings is 1. The van der Waals surface area contributed by atoms with Gasteiger partial charge in [0.2, 0.25) is 0 Å². The van der Waals surface area contributed by atoms with Gasteiger partial charge >= 0.3 is 5.97 Å². The van der Waals surface area contributed by atoms with E-state index in [0.29, 0.717) is 23.3 Å². The maximum Gasteiger partial charge on any atom is 0.339 e. The van der Waals surface area contributed by atoms with Crippen molar-refractivity contribution >= 4 is 11.8 Å². The van der Waals surface area contributed by atoms with Gasteiger partial charge in [-0.2, -0.15) is 0 Å². The number of aromatic nitrogens is 1. The molecule has 2 aliphatic rings. The Labute approximate surface area is 119 Å². The molecule has 1 fully saturated rings. The summed E-state index contributed by atoms with van der Waals surface area (Å²) in [5.41, 5.74) is 2.54. The number of carboxylic acids is 1. The summed E-state index contributed by atoms with van der Waals surface area (Å²) in [7, 11) is 0. The van der Waals surface area contributed by atoms with Gasteiger partial charge < -0.3 is 10.4 Å². The van der Waals surface area contributed by atoms with Crippen LogP contribution in [0.2, 0.25) is 0 Å². The average molecular weight is 274 g/mol. The van der Waals surface area contributed by atoms with E-state index in [4.69, 9.17) is 0 Å². The van der Waals surface area contributed by atoms with Gasteiger partial charge in [0, 0.05) is 11.7 Å². The lowest BCUT2D eigenvalue weighted by Crippen LogP contribution is -2.31. The molecule has 1 saturated carbocycles. The highest BCUT2D eigenvalue weighted by Crippen LogP contribution is 2.30. The van der Waals surface area contributed by atoms with Crippen molar-refractivity contribution in [2.75, 3.05) is 5.32 Å². The number of anilines is 1. The molecule has 0 aromatic carbocycles. The molecule has 0 bridgehead atoms. The number of nitrogens with zero attached hydrogens (tertiary/aromatic N) is 1. The Morgan fingerprint density at radius 1 is 1.30 bits per heavy atom. The molecule has 0 aliphatic heterocycles. The largest absolute Gasteiger partial charge is 0.478 e. The SMILES string of the molecule is CC1CCCCC1Nc1nc2c(cc1C(=O)O)CCC2. The Hall–Kier alpha value is -1.58. The van der Waals surface area contributed by atoms with Crippen molar-refractivity contribution in [2.24, 2.45) is 5.92 Å². The van der Waals surface area contributed by atoms with Crippen molar-refractivity contribution in [3.8, 4) is 0 Å². The molecule has 2 N–H and O–H groups in total. The number of rotatable bonds is 3. The van der Waals surface area contributed by atoms with Crippen LogP contribution in [0.25, 0.3) is 0 Å². The first kappa shape index (κ1) is 13.4. The second kappa shape index (κ2) is 5.43. The maximum atomic E-state index is 11.5. The van der Waals surface area contributed by atoms with Gasteiger partial charge in [0.15, 0.2) is 0 Å². The summed E-state index contributed by atoms with van der Waals surface area (Å²) in [6.07, 6.45) is 7.85. The summed E-state index contributed by atoms with van der Waals surface area (Å²) >= 11 is 0. The molecule has 2 unspecified atom stereocenters. The molecule has 3 rings (SSSR count). The van der Waals surface area contributed by atoms with Crippen molar-refractivity contribution in [2.45, 2.75) is 57.9 Å². The predicted octanol–water partition coefficient (Wildman–Crippen LogP) is 3.26. The third kappa shape index (κ3) is 2.51. The number of carbonyl (C=O) groups is 1. The van der Waals surface area contributed by atoms with Crippen LogP contribution in [0.5, 0.6) is 0 Å². The molecule has 20 heavy (non-hydrogen) atoms. The minimum absolute atomic E-state index is 0.337. The third-order valence-electron chi connectivity index (χ3n) is 4.71. The van der Waals surface area contributed by atoms with Crippen molar-refractivity contribution in [3.05, 3.63) is 22.9 Å². The van der Waals surface area contributed by atoms with Gasteiger partial charge in [0.1, 0.15) is 11.4 Å². The van der Waals surface area contributed by atoms with Gasteiger partial charge in [-0.05, 0) is 49.7 Å². The quantitative estimate of drug-likeness (QED) is 0.888. The summed E-state index contributed by atoms with van der Waals surface area (Å²) in [5.74, 6) is 0.288. The molecule has 0 amide bonds. The normalized spacial score (nSPS) is 25.2. The molecular weight excluding hydrogens is 252 g/mol. The summed E-state index contributed by atoms with van der Waals surface area (Å²) in [6, 6.07) is 2.18. The second-order valence-corrected chi connectivity index (χ2v) is 6.16. The van der Waals surface area contributed by atoms with E-state index in [2.05, 4.69) is 17.2 Å². The first-order valence-electron chi connectivity index (χ1n) is 7.68. The lowest BCUT2D eigenvalue weighted by atomic mass is 9.86. The number of nitrogens with one attached hydrogen (secondary N) is 1. The number of hydrogen-bond acceptors (Lipinski definition) is 3. The zero-order chi connectivity index (χ0) is 14.1. The third-order valence-corrected chi connectivity index (χ3v) is 4.71. The van der Waals surface area contributed by atoms with Crippen LogP contribution < -0.4 is 5.32 Å². The molecule has 4 nitrogen and oxygen atoms in total. The van der Waals surface area contributed by atoms with Crippen LogP contribution in [-0.4, -0.2) is 22.1 Å². The van der Waals surface area contributed by atoms with E-state index < -0.39 is 5.97 Å². The van der Waals surface area contributed by atoms with Gasteiger partial charge in [0.05, 0.1) is 0 Å². The smallest absolute Gasteiger partial charge is 0.339 e. The molecule has 0 radical (unpaired) electrons. The number of aryl methyl sites for hydroxylation is 2. The lowest BCUT2D eigenvalue weighted by Gasteiger charge is -2.30. The summed E-state index contributed by atoms with van der Waals surface area (Å²) < 4.78 is 0. The van der Waals surface area contributed by atoms with Crippen molar-refractivity contribution in [1.29, 1.82) is 0 Å². The Balaban J connectivity index is 1.89. The topological polar surface area (TPSA) is 62.2 Å². The van der Waals surface area contributed by atoms with E-state index >= 15 is 0 Å². The first-order valence-corrected chi connectivity index (χ1v) is 7.68. The minimum atomic E-state index is -0.877. The summed E-state index contributed by atoms with van der Waals surface area (Å²) in [5, 5.41) is 12.8. The zero-order valence-corrected chi connectivity index (χ0v) is 12.0. The molecule has 2 aliphatic carbocycles. The Kier molecular flexibility index (Phi) is 3.64. The molecule has 4 heteroatoms. The fourth-order valence-corrected chi connectivity index (χ4v) is 3.45. The van der Waals surface area contributed by atoms with E-state index in [1.165, 1.54) is 19.3 Å². The number of fused-ring (bicyclic) bond motifs is 1. The van der Waals surface area contributed by atoms with Crippen molar-refractivity contribution in [1.82, 2.24) is 4.98 Å². The Morgan fingerprint density at radius 2 is 2.10 bits per heavy atom. The summed E-state index contributed by atoms with van der Waals surface area (Å²) in [4.78, 5) is 16.1. The molecule has 2 atom stereocenters. The molecule has 108 valence electrons. The fourth-order valence-electron chi connectivity index (χ4n) is 3.45. The van der Waals surface area contributed by atoms with E-state index in [1.807, 2.05) is 6.07 Å². The van der Waals surface area contributed by atoms with E-state index in [9.17, 15) is 9.90 Å². The van der Waals surface area contributed by atoms with Gasteiger partial charge in [-0.1, -0.05) is 19.8 Å². The second-order valence-electron chi connectivity index (χ2n) is 6.16. The molecule has 1 aromatic heterocycles. The van der Waals surface area contributed by atoms with Gasteiger partial charge in [-0.3, -0.25) is 0 Å². The number of aromatic carboxylic acids is 1. The van der Waals surface area contributed by atoms with Crippen LogP contribution >= 0.6 is 0 Å². The average Bonchev–Trinajstić information content (AvgIpc) is 2.87. The molecule has 1 aromatic rings. The molecule has 0 spiro atoms. The van der Waals surface area contributed by atoms with E-state index in [-0.39, 0.29) is 0 Å². The van der Waals surface area contributed by atoms with E-state index in [0.717, 1.165) is 36.9 Å². The summed E-state index contributed by atoms with van der Waals surface area (Å²) in [6.45, 7) is 2.24. The molecular formula is C16H22N2O2. The molecule has 1 heterocycles. The maximum absolute atomic E-state index is 11.5. The highest BCUT2D eigenvalue weighted by atomic mass is 16.4. The van der Waals surface area contributed by atoms with Crippen LogP contribution in [0.1, 0.15) is 60.6 Å². The number of carboxylic acid groups (broad SMARTS) is 1. The predicted molar refractivity (Wildman–Crippen MR) is 78.3 cm³/mol. The van der Waals surface area contributed by atoms with Crippen LogP contribution in [0.4, 0.5) is 5.82 Å². The van der Waals surface area contributed by atoms with Crippen LogP contribution in [-0.2, 0) is 12.8 Å². The monoisotopic (exact) mass is 274 g/mol. The lowest BCUT2D eigenvalue weighted by molar-refractivity contribution is 0.0697. The van der Waals surface area contributed by atoms with E-state index in [1.54, 1.807) is 0 Å². The highest BCUT2D eigenvalue weighted by molar-refractivity contribution is 5.93. The first-order chi connectivity index (χ1) is 9.65. The van der Waals surface area contributed by atoms with Crippen LogP contribution in [0.3, 0.4) is 0 Å². The Bertz CT molecular complexity index is 527. The van der Waals surface area contributed by atoms with Crippen molar-refractivity contribution < 1.29 is 9.90 Å². The van der Waals surface area contributed by atoms with Crippen LogP contribution in [0, 0.1) is 5.92 Å². The Morgan fingerprint density at radius 3 is 2.85 bits per heavy atom. The minimum Gasteiger partial charge on any atom is -0.478 e.